The smallest absolute Gasteiger partial charge is 0.0991 e. The van der Waals surface area contributed by atoms with Crippen LogP contribution in [0, 0.1) is 11.3 Å². The molecule has 0 fully saturated rings. The van der Waals surface area contributed by atoms with Gasteiger partial charge in [-0.25, -0.2) is 0 Å². The van der Waals surface area contributed by atoms with Crippen molar-refractivity contribution in [1.29, 1.82) is 5.26 Å². The van der Waals surface area contributed by atoms with Crippen molar-refractivity contribution >= 4 is 10.9 Å². The molecule has 1 aromatic heterocycles. The maximum atomic E-state index is 8.80. The molecule has 2 aromatic rings. The van der Waals surface area contributed by atoms with E-state index in [0.717, 1.165) is 23.9 Å². The molecular weight excluding hydrogens is 172 g/mol. The van der Waals surface area contributed by atoms with Gasteiger partial charge in [0, 0.05) is 17.1 Å². The lowest BCUT2D eigenvalue weighted by molar-refractivity contribution is 0.929. The molecule has 1 aromatic carbocycles. The summed E-state index contributed by atoms with van der Waals surface area (Å²) in [6.07, 6.45) is 4.23. The first-order valence-corrected chi connectivity index (χ1v) is 4.85. The van der Waals surface area contributed by atoms with Crippen LogP contribution in [0.4, 0.5) is 0 Å². The zero-order valence-corrected chi connectivity index (χ0v) is 8.17. The van der Waals surface area contributed by atoms with Gasteiger partial charge in [0.25, 0.3) is 0 Å². The van der Waals surface area contributed by atoms with Crippen LogP contribution in [-0.2, 0) is 6.42 Å². The second-order valence-electron chi connectivity index (χ2n) is 3.44. The summed E-state index contributed by atoms with van der Waals surface area (Å²) in [6, 6.07) is 7.93. The van der Waals surface area contributed by atoms with E-state index >= 15 is 0 Å². The molecule has 0 bridgehead atoms. The maximum absolute atomic E-state index is 8.80. The summed E-state index contributed by atoms with van der Waals surface area (Å²) < 4.78 is 0. The van der Waals surface area contributed by atoms with Gasteiger partial charge in [0.2, 0.25) is 0 Å². The SMILES string of the molecule is CCCc1c[nH]c2ccc(C#N)cc12. The number of nitrogens with one attached hydrogen (secondary N) is 1. The Balaban J connectivity index is 2.59. The highest BCUT2D eigenvalue weighted by Crippen LogP contribution is 2.20. The highest BCUT2D eigenvalue weighted by atomic mass is 14.7. The average molecular weight is 184 g/mol. The second-order valence-corrected chi connectivity index (χ2v) is 3.44. The lowest BCUT2D eigenvalue weighted by atomic mass is 10.1. The average Bonchev–Trinajstić information content (AvgIpc) is 2.61. The van der Waals surface area contributed by atoms with Gasteiger partial charge < -0.3 is 4.98 Å². The predicted octanol–water partition coefficient (Wildman–Crippen LogP) is 2.99. The Morgan fingerprint density at radius 1 is 1.43 bits per heavy atom. The van der Waals surface area contributed by atoms with E-state index in [0.29, 0.717) is 0 Å². The van der Waals surface area contributed by atoms with Gasteiger partial charge in [0.15, 0.2) is 0 Å². The van der Waals surface area contributed by atoms with Crippen molar-refractivity contribution in [2.45, 2.75) is 19.8 Å². The van der Waals surface area contributed by atoms with E-state index in [9.17, 15) is 0 Å². The van der Waals surface area contributed by atoms with Gasteiger partial charge in [-0.3, -0.25) is 0 Å². The minimum atomic E-state index is 0.731. The molecule has 0 saturated heterocycles. The molecule has 70 valence electrons. The van der Waals surface area contributed by atoms with Crippen molar-refractivity contribution in [3.63, 3.8) is 0 Å². The van der Waals surface area contributed by atoms with Crippen molar-refractivity contribution in [1.82, 2.24) is 4.98 Å². The van der Waals surface area contributed by atoms with E-state index in [2.05, 4.69) is 18.0 Å². The van der Waals surface area contributed by atoms with Crippen LogP contribution in [0.5, 0.6) is 0 Å². The third-order valence-corrected chi connectivity index (χ3v) is 2.42. The molecule has 0 amide bonds. The molecule has 0 atom stereocenters. The predicted molar refractivity (Wildman–Crippen MR) is 57.0 cm³/mol. The highest BCUT2D eigenvalue weighted by Gasteiger charge is 2.03. The quantitative estimate of drug-likeness (QED) is 0.765. The van der Waals surface area contributed by atoms with Crippen LogP contribution >= 0.6 is 0 Å². The van der Waals surface area contributed by atoms with Crippen LogP contribution in [-0.4, -0.2) is 4.98 Å². The van der Waals surface area contributed by atoms with Gasteiger partial charge in [-0.2, -0.15) is 5.26 Å². The summed E-state index contributed by atoms with van der Waals surface area (Å²) in [7, 11) is 0. The normalized spacial score (nSPS) is 10.3. The van der Waals surface area contributed by atoms with Crippen LogP contribution in [0.15, 0.2) is 24.4 Å². The summed E-state index contributed by atoms with van der Waals surface area (Å²) in [4.78, 5) is 3.21. The van der Waals surface area contributed by atoms with Crippen molar-refractivity contribution in [2.24, 2.45) is 0 Å². The van der Waals surface area contributed by atoms with Crippen LogP contribution in [0.2, 0.25) is 0 Å². The lowest BCUT2D eigenvalue weighted by Crippen LogP contribution is -1.80. The number of aryl methyl sites for hydroxylation is 1. The minimum Gasteiger partial charge on any atom is -0.361 e. The van der Waals surface area contributed by atoms with Gasteiger partial charge in [-0.15, -0.1) is 0 Å². The molecule has 0 radical (unpaired) electrons. The zero-order chi connectivity index (χ0) is 9.97. The molecule has 1 N–H and O–H groups in total. The standard InChI is InChI=1S/C12H12N2/c1-2-3-10-8-14-12-5-4-9(7-13)6-11(10)12/h4-6,8,14H,2-3H2,1H3. The van der Waals surface area contributed by atoms with Crippen LogP contribution in [0.25, 0.3) is 10.9 Å². The fourth-order valence-electron chi connectivity index (χ4n) is 1.72. The van der Waals surface area contributed by atoms with Gasteiger partial charge in [0.1, 0.15) is 0 Å². The Hall–Kier alpha value is -1.75. The van der Waals surface area contributed by atoms with Crippen LogP contribution in [0.3, 0.4) is 0 Å². The number of hydrogen-bond acceptors (Lipinski definition) is 1. The van der Waals surface area contributed by atoms with Gasteiger partial charge >= 0.3 is 0 Å². The Morgan fingerprint density at radius 3 is 3.00 bits per heavy atom. The number of nitrogens with zero attached hydrogens (tertiary/aromatic N) is 1. The van der Waals surface area contributed by atoms with E-state index < -0.39 is 0 Å². The monoisotopic (exact) mass is 184 g/mol. The Morgan fingerprint density at radius 2 is 2.29 bits per heavy atom. The fraction of sp³-hybridized carbons (Fsp3) is 0.250. The number of H-pyrrole nitrogens is 1. The van der Waals surface area contributed by atoms with Crippen molar-refractivity contribution in [2.75, 3.05) is 0 Å². The van der Waals surface area contributed by atoms with E-state index in [4.69, 9.17) is 5.26 Å². The highest BCUT2D eigenvalue weighted by molar-refractivity contribution is 5.84. The molecule has 0 aliphatic carbocycles. The third kappa shape index (κ3) is 1.38. The summed E-state index contributed by atoms with van der Waals surface area (Å²) in [6.45, 7) is 2.16. The topological polar surface area (TPSA) is 39.6 Å². The molecule has 0 spiro atoms. The van der Waals surface area contributed by atoms with Gasteiger partial charge in [0.05, 0.1) is 11.6 Å². The first kappa shape index (κ1) is 8.83. The van der Waals surface area contributed by atoms with Crippen molar-refractivity contribution in [3.05, 3.63) is 35.5 Å². The van der Waals surface area contributed by atoms with Gasteiger partial charge in [-0.05, 0) is 30.2 Å². The largest absolute Gasteiger partial charge is 0.361 e. The number of fused-ring (bicyclic) bond motifs is 1. The molecule has 2 rings (SSSR count). The number of hydrogen-bond donors (Lipinski definition) is 1. The zero-order valence-electron chi connectivity index (χ0n) is 8.17. The number of nitriles is 1. The van der Waals surface area contributed by atoms with Crippen molar-refractivity contribution in [3.8, 4) is 6.07 Å². The van der Waals surface area contributed by atoms with Crippen LogP contribution in [0.1, 0.15) is 24.5 Å². The van der Waals surface area contributed by atoms with Gasteiger partial charge in [-0.1, -0.05) is 13.3 Å². The Labute approximate surface area is 83.2 Å². The first-order valence-electron chi connectivity index (χ1n) is 4.85. The third-order valence-electron chi connectivity index (χ3n) is 2.42. The fourth-order valence-corrected chi connectivity index (χ4v) is 1.72. The number of aromatic nitrogens is 1. The molecule has 0 unspecified atom stereocenters. The van der Waals surface area contributed by atoms with E-state index in [1.807, 2.05) is 24.4 Å². The van der Waals surface area contributed by atoms with Crippen LogP contribution < -0.4 is 0 Å². The number of benzene rings is 1. The minimum absolute atomic E-state index is 0.731. The van der Waals surface area contributed by atoms with Crippen molar-refractivity contribution < 1.29 is 0 Å². The molecule has 2 nitrogen and oxygen atoms in total. The summed E-state index contributed by atoms with van der Waals surface area (Å²) in [5.41, 5.74) is 3.15. The molecule has 0 saturated carbocycles. The number of aromatic amines is 1. The van der Waals surface area contributed by atoms with E-state index in [1.54, 1.807) is 0 Å². The molecular formula is C12H12N2. The summed E-state index contributed by atoms with van der Waals surface area (Å²) in [5.74, 6) is 0. The summed E-state index contributed by atoms with van der Waals surface area (Å²) >= 11 is 0. The number of rotatable bonds is 2. The van der Waals surface area contributed by atoms with E-state index in [1.165, 1.54) is 10.9 Å². The Kier molecular flexibility index (Phi) is 2.24. The molecule has 0 aliphatic heterocycles. The Bertz CT molecular complexity index is 488. The second kappa shape index (κ2) is 3.55. The first-order chi connectivity index (χ1) is 6.85. The summed E-state index contributed by atoms with van der Waals surface area (Å²) in [5, 5.41) is 9.98. The molecule has 2 heteroatoms. The lowest BCUT2D eigenvalue weighted by Gasteiger charge is -1.95. The van der Waals surface area contributed by atoms with E-state index in [-0.39, 0.29) is 0 Å². The molecule has 14 heavy (non-hydrogen) atoms. The maximum Gasteiger partial charge on any atom is 0.0991 e. The molecule has 0 aliphatic rings. The molecule has 1 heterocycles.